The molecule has 0 rings (SSSR count). The number of aliphatic hydroxyl groups is 1. The van der Waals surface area contributed by atoms with E-state index < -0.39 is 23.7 Å². The Hall–Kier alpha value is -1.56. The van der Waals surface area contributed by atoms with Gasteiger partial charge < -0.3 is 20.3 Å². The number of carbonyl (C=O) groups is 2. The molecule has 16 heavy (non-hydrogen) atoms. The van der Waals surface area contributed by atoms with Gasteiger partial charge >= 0.3 is 12.1 Å². The van der Waals surface area contributed by atoms with Crippen molar-refractivity contribution in [3.63, 3.8) is 0 Å². The Balaban J connectivity index is 4.36. The topological polar surface area (TPSA) is 95.9 Å². The molecule has 0 aromatic carbocycles. The molecule has 6 heteroatoms. The fourth-order valence-electron chi connectivity index (χ4n) is 0.824. The van der Waals surface area contributed by atoms with Gasteiger partial charge in [-0.1, -0.05) is 12.2 Å². The molecule has 1 atom stereocenters. The van der Waals surface area contributed by atoms with Crippen LogP contribution in [0.25, 0.3) is 0 Å². The molecule has 0 aliphatic carbocycles. The summed E-state index contributed by atoms with van der Waals surface area (Å²) in [6.07, 6.45) is 1.59. The van der Waals surface area contributed by atoms with Crippen LogP contribution in [-0.2, 0) is 9.53 Å². The van der Waals surface area contributed by atoms with Gasteiger partial charge in [-0.3, -0.25) is 0 Å². The fraction of sp³-hybridized carbons (Fsp3) is 0.600. The molecule has 92 valence electrons. The van der Waals surface area contributed by atoms with Crippen molar-refractivity contribution in [1.29, 1.82) is 0 Å². The number of hydrogen-bond donors (Lipinski definition) is 3. The van der Waals surface area contributed by atoms with Crippen molar-refractivity contribution >= 4 is 12.1 Å². The second kappa shape index (κ2) is 6.12. The van der Waals surface area contributed by atoms with E-state index in [2.05, 4.69) is 5.32 Å². The summed E-state index contributed by atoms with van der Waals surface area (Å²) in [5.74, 6) is -1.23. The molecule has 0 aromatic heterocycles. The van der Waals surface area contributed by atoms with Crippen molar-refractivity contribution in [2.45, 2.75) is 32.4 Å². The molecule has 6 nitrogen and oxygen atoms in total. The average molecular weight is 231 g/mol. The minimum Gasteiger partial charge on any atom is -0.479 e. The van der Waals surface area contributed by atoms with Crippen LogP contribution in [0.5, 0.6) is 0 Å². The monoisotopic (exact) mass is 231 g/mol. The number of alkyl carbamates (subject to hydrolysis) is 1. The van der Waals surface area contributed by atoms with Gasteiger partial charge in [-0.2, -0.15) is 0 Å². The third kappa shape index (κ3) is 6.83. The number of nitrogens with one attached hydrogen (secondary N) is 1. The highest BCUT2D eigenvalue weighted by Gasteiger charge is 2.21. The molecule has 0 saturated heterocycles. The highest BCUT2D eigenvalue weighted by Crippen LogP contribution is 2.06. The highest BCUT2D eigenvalue weighted by atomic mass is 16.6. The molecule has 0 spiro atoms. The summed E-state index contributed by atoms with van der Waals surface area (Å²) in [5.41, 5.74) is -0.687. The number of rotatable bonds is 4. The lowest BCUT2D eigenvalue weighted by Crippen LogP contribution is -2.42. The van der Waals surface area contributed by atoms with E-state index in [9.17, 15) is 9.59 Å². The average Bonchev–Trinajstić information content (AvgIpc) is 2.08. The van der Waals surface area contributed by atoms with E-state index in [0.29, 0.717) is 0 Å². The number of aliphatic carboxylic acids is 1. The van der Waals surface area contributed by atoms with Crippen molar-refractivity contribution in [3.05, 3.63) is 12.2 Å². The van der Waals surface area contributed by atoms with Crippen LogP contribution in [0, 0.1) is 0 Å². The Bertz CT molecular complexity index is 279. The van der Waals surface area contributed by atoms with Crippen LogP contribution in [0.4, 0.5) is 4.79 Å². The van der Waals surface area contributed by atoms with E-state index in [1.54, 1.807) is 20.8 Å². The van der Waals surface area contributed by atoms with E-state index in [0.717, 1.165) is 0 Å². The molecule has 0 bridgehead atoms. The number of carboxylic acid groups (broad SMARTS) is 1. The molecule has 1 amide bonds. The SMILES string of the molecule is CC(C)(C)OC(=O)NC(/C=C/CO)C(=O)O. The van der Waals surface area contributed by atoms with E-state index in [1.165, 1.54) is 12.2 Å². The third-order valence-corrected chi connectivity index (χ3v) is 1.37. The number of carboxylic acids is 1. The van der Waals surface area contributed by atoms with Gasteiger partial charge in [0.1, 0.15) is 11.6 Å². The normalized spacial score (nSPS) is 13.5. The quantitative estimate of drug-likeness (QED) is 0.613. The summed E-state index contributed by atoms with van der Waals surface area (Å²) in [5, 5.41) is 19.4. The zero-order valence-corrected chi connectivity index (χ0v) is 9.56. The Morgan fingerprint density at radius 3 is 2.38 bits per heavy atom. The van der Waals surface area contributed by atoms with Crippen LogP contribution in [0.3, 0.4) is 0 Å². The van der Waals surface area contributed by atoms with E-state index >= 15 is 0 Å². The van der Waals surface area contributed by atoms with Crippen molar-refractivity contribution in [2.75, 3.05) is 6.61 Å². The smallest absolute Gasteiger partial charge is 0.408 e. The molecule has 0 aliphatic rings. The molecular formula is C10H17NO5. The summed E-state index contributed by atoms with van der Waals surface area (Å²) in [6.45, 7) is 4.73. The fourth-order valence-corrected chi connectivity index (χ4v) is 0.824. The van der Waals surface area contributed by atoms with Crippen LogP contribution in [0.15, 0.2) is 12.2 Å². The Morgan fingerprint density at radius 2 is 2.00 bits per heavy atom. The predicted octanol–water partition coefficient (Wildman–Crippen LogP) is 0.513. The molecular weight excluding hydrogens is 214 g/mol. The Kier molecular flexibility index (Phi) is 5.52. The lowest BCUT2D eigenvalue weighted by atomic mass is 10.2. The van der Waals surface area contributed by atoms with Crippen molar-refractivity contribution in [1.82, 2.24) is 5.32 Å². The van der Waals surface area contributed by atoms with Crippen molar-refractivity contribution in [3.8, 4) is 0 Å². The van der Waals surface area contributed by atoms with Crippen LogP contribution < -0.4 is 5.32 Å². The standard InChI is InChI=1S/C10H17NO5/c1-10(2,3)16-9(15)11-7(8(13)14)5-4-6-12/h4-5,7,12H,6H2,1-3H3,(H,11,15)(H,13,14)/b5-4+. The Labute approximate surface area is 93.9 Å². The van der Waals surface area contributed by atoms with Gasteiger partial charge in [0.05, 0.1) is 6.61 Å². The maximum Gasteiger partial charge on any atom is 0.408 e. The number of amides is 1. The number of carbonyl (C=O) groups excluding carboxylic acids is 1. The second-order valence-corrected chi connectivity index (χ2v) is 4.07. The maximum absolute atomic E-state index is 11.2. The summed E-state index contributed by atoms with van der Waals surface area (Å²) >= 11 is 0. The third-order valence-electron chi connectivity index (χ3n) is 1.37. The van der Waals surface area contributed by atoms with E-state index in [4.69, 9.17) is 14.9 Å². The number of hydrogen-bond acceptors (Lipinski definition) is 4. The second-order valence-electron chi connectivity index (χ2n) is 4.07. The minimum absolute atomic E-state index is 0.292. The molecule has 3 N–H and O–H groups in total. The zero-order chi connectivity index (χ0) is 12.8. The lowest BCUT2D eigenvalue weighted by molar-refractivity contribution is -0.138. The van der Waals surface area contributed by atoms with Crippen LogP contribution in [0.2, 0.25) is 0 Å². The van der Waals surface area contributed by atoms with Gasteiger partial charge in [-0.25, -0.2) is 9.59 Å². The van der Waals surface area contributed by atoms with E-state index in [1.807, 2.05) is 0 Å². The van der Waals surface area contributed by atoms with Gasteiger partial charge in [0, 0.05) is 0 Å². The summed E-state index contributed by atoms with van der Waals surface area (Å²) < 4.78 is 4.89. The lowest BCUT2D eigenvalue weighted by Gasteiger charge is -2.20. The molecule has 0 radical (unpaired) electrons. The van der Waals surface area contributed by atoms with Gasteiger partial charge in [0.2, 0.25) is 0 Å². The first-order chi connectivity index (χ1) is 7.26. The molecule has 0 aromatic rings. The summed E-state index contributed by atoms with van der Waals surface area (Å²) in [7, 11) is 0. The van der Waals surface area contributed by atoms with Crippen molar-refractivity contribution < 1.29 is 24.5 Å². The van der Waals surface area contributed by atoms with Gasteiger partial charge in [0.25, 0.3) is 0 Å². The minimum atomic E-state index is -1.23. The zero-order valence-electron chi connectivity index (χ0n) is 9.56. The molecule has 0 heterocycles. The summed E-state index contributed by atoms with van der Waals surface area (Å²) in [4.78, 5) is 21.9. The first-order valence-electron chi connectivity index (χ1n) is 4.76. The molecule has 0 saturated carbocycles. The molecule has 1 unspecified atom stereocenters. The predicted molar refractivity (Wildman–Crippen MR) is 57.0 cm³/mol. The molecule has 0 fully saturated rings. The van der Waals surface area contributed by atoms with E-state index in [-0.39, 0.29) is 6.61 Å². The van der Waals surface area contributed by atoms with Crippen LogP contribution in [-0.4, -0.2) is 40.5 Å². The first kappa shape index (κ1) is 14.4. The summed E-state index contributed by atoms with van der Waals surface area (Å²) in [6, 6.07) is -1.21. The van der Waals surface area contributed by atoms with Crippen LogP contribution in [0.1, 0.15) is 20.8 Å². The largest absolute Gasteiger partial charge is 0.479 e. The number of ether oxygens (including phenoxy) is 1. The van der Waals surface area contributed by atoms with Gasteiger partial charge in [-0.15, -0.1) is 0 Å². The number of aliphatic hydroxyl groups excluding tert-OH is 1. The van der Waals surface area contributed by atoms with Crippen LogP contribution >= 0.6 is 0 Å². The molecule has 0 aliphatic heterocycles. The maximum atomic E-state index is 11.2. The van der Waals surface area contributed by atoms with Crippen molar-refractivity contribution in [2.24, 2.45) is 0 Å². The van der Waals surface area contributed by atoms with Gasteiger partial charge in [0.15, 0.2) is 0 Å². The van der Waals surface area contributed by atoms with Gasteiger partial charge in [-0.05, 0) is 20.8 Å². The highest BCUT2D eigenvalue weighted by molar-refractivity contribution is 5.81. The first-order valence-corrected chi connectivity index (χ1v) is 4.76. The Morgan fingerprint density at radius 1 is 1.44 bits per heavy atom.